The monoisotopic (exact) mass is 246 g/mol. The summed E-state index contributed by atoms with van der Waals surface area (Å²) in [5.74, 6) is 0. The number of nitrogens with one attached hydrogen (secondary N) is 1. The average molecular weight is 246 g/mol. The molecule has 18 heavy (non-hydrogen) atoms. The van der Waals surface area contributed by atoms with Crippen LogP contribution in [0.4, 0.5) is 0 Å². The minimum absolute atomic E-state index is 0.741. The van der Waals surface area contributed by atoms with Crippen molar-refractivity contribution >= 4 is 0 Å². The Morgan fingerprint density at radius 2 is 2.00 bits per heavy atom. The lowest BCUT2D eigenvalue weighted by molar-refractivity contribution is 0.343. The molecule has 1 heterocycles. The van der Waals surface area contributed by atoms with Crippen LogP contribution in [0.2, 0.25) is 0 Å². The highest BCUT2D eigenvalue weighted by atomic mass is 15.1. The van der Waals surface area contributed by atoms with Crippen LogP contribution in [0.1, 0.15) is 31.2 Å². The van der Waals surface area contributed by atoms with E-state index in [1.54, 1.807) is 0 Å². The Kier molecular flexibility index (Phi) is 5.69. The molecule has 2 rings (SSSR count). The summed E-state index contributed by atoms with van der Waals surface area (Å²) < 4.78 is 0. The smallest absolute Gasteiger partial charge is 0.00797 e. The molecule has 0 aliphatic carbocycles. The molecular weight excluding hydrogens is 220 g/mol. The summed E-state index contributed by atoms with van der Waals surface area (Å²) in [4.78, 5) is 2.45. The van der Waals surface area contributed by atoms with Crippen molar-refractivity contribution in [1.29, 1.82) is 0 Å². The average Bonchev–Trinajstić information content (AvgIpc) is 2.61. The van der Waals surface area contributed by atoms with Gasteiger partial charge in [-0.3, -0.25) is 0 Å². The van der Waals surface area contributed by atoms with Crippen LogP contribution in [-0.2, 0) is 6.42 Å². The third kappa shape index (κ3) is 4.79. The number of likely N-dealkylation sites (tertiary alicyclic amines) is 1. The number of hydrogen-bond donors (Lipinski definition) is 1. The fourth-order valence-electron chi connectivity index (χ4n) is 2.69. The van der Waals surface area contributed by atoms with Crippen LogP contribution < -0.4 is 5.32 Å². The molecule has 1 fully saturated rings. The van der Waals surface area contributed by atoms with Gasteiger partial charge >= 0.3 is 0 Å². The zero-order valence-electron chi connectivity index (χ0n) is 11.6. The van der Waals surface area contributed by atoms with E-state index in [4.69, 9.17) is 0 Å². The second-order valence-corrected chi connectivity index (χ2v) is 5.47. The lowest BCUT2D eigenvalue weighted by Gasteiger charge is -2.16. The topological polar surface area (TPSA) is 15.3 Å². The minimum atomic E-state index is 0.741. The summed E-state index contributed by atoms with van der Waals surface area (Å²) in [5, 5.41) is 3.73. The van der Waals surface area contributed by atoms with Gasteiger partial charge in [-0.2, -0.15) is 0 Å². The molecule has 0 spiro atoms. The predicted molar refractivity (Wildman–Crippen MR) is 77.9 cm³/mol. The van der Waals surface area contributed by atoms with Gasteiger partial charge in [0.1, 0.15) is 0 Å². The second-order valence-electron chi connectivity index (χ2n) is 5.47. The molecule has 1 aromatic rings. The van der Waals surface area contributed by atoms with Crippen molar-refractivity contribution in [2.45, 2.75) is 38.1 Å². The number of nitrogens with zero attached hydrogens (tertiary/aromatic N) is 1. The zero-order valence-corrected chi connectivity index (χ0v) is 11.6. The third-order valence-electron chi connectivity index (χ3n) is 3.87. The van der Waals surface area contributed by atoms with Gasteiger partial charge in [0.25, 0.3) is 0 Å². The summed E-state index contributed by atoms with van der Waals surface area (Å²) in [6, 6.07) is 11.5. The fraction of sp³-hybridized carbons (Fsp3) is 0.625. The standard InChI is InChI=1S/C16H26N2/c1-18-13-6-10-16(11-14-18)17-12-5-9-15-7-3-2-4-8-15/h2-4,7-8,16-17H,5-6,9-14H2,1H3. The molecule has 0 aromatic heterocycles. The van der Waals surface area contributed by atoms with Gasteiger partial charge in [-0.05, 0) is 64.3 Å². The number of benzene rings is 1. The van der Waals surface area contributed by atoms with Gasteiger partial charge < -0.3 is 10.2 Å². The maximum absolute atomic E-state index is 3.73. The summed E-state index contributed by atoms with van der Waals surface area (Å²) >= 11 is 0. The number of aryl methyl sites for hydroxylation is 1. The van der Waals surface area contributed by atoms with Crippen molar-refractivity contribution in [2.24, 2.45) is 0 Å². The maximum atomic E-state index is 3.73. The summed E-state index contributed by atoms with van der Waals surface area (Å²) in [6.07, 6.45) is 6.43. The van der Waals surface area contributed by atoms with E-state index < -0.39 is 0 Å². The molecule has 1 aliphatic heterocycles. The van der Waals surface area contributed by atoms with Crippen LogP contribution in [0.15, 0.2) is 30.3 Å². The van der Waals surface area contributed by atoms with E-state index in [0.29, 0.717) is 0 Å². The first-order chi connectivity index (χ1) is 8.84. The van der Waals surface area contributed by atoms with Crippen LogP contribution >= 0.6 is 0 Å². The van der Waals surface area contributed by atoms with Crippen LogP contribution in [0, 0.1) is 0 Å². The van der Waals surface area contributed by atoms with E-state index in [9.17, 15) is 0 Å². The van der Waals surface area contributed by atoms with Gasteiger partial charge in [-0.15, -0.1) is 0 Å². The molecule has 0 saturated carbocycles. The van der Waals surface area contributed by atoms with Gasteiger partial charge in [0.15, 0.2) is 0 Å². The minimum Gasteiger partial charge on any atom is -0.314 e. The van der Waals surface area contributed by atoms with E-state index in [0.717, 1.165) is 12.6 Å². The molecule has 1 N–H and O–H groups in total. The van der Waals surface area contributed by atoms with Gasteiger partial charge in [-0.25, -0.2) is 0 Å². The van der Waals surface area contributed by atoms with Gasteiger partial charge in [-0.1, -0.05) is 30.3 Å². The Morgan fingerprint density at radius 1 is 1.17 bits per heavy atom. The molecular formula is C16H26N2. The van der Waals surface area contributed by atoms with Crippen molar-refractivity contribution in [3.8, 4) is 0 Å². The molecule has 100 valence electrons. The highest BCUT2D eigenvalue weighted by molar-refractivity contribution is 5.14. The molecule has 2 heteroatoms. The largest absolute Gasteiger partial charge is 0.314 e. The Morgan fingerprint density at radius 3 is 2.83 bits per heavy atom. The van der Waals surface area contributed by atoms with Crippen molar-refractivity contribution in [3.63, 3.8) is 0 Å². The Labute approximate surface area is 111 Å². The molecule has 1 atom stereocenters. The Balaban J connectivity index is 1.60. The first kappa shape index (κ1) is 13.6. The zero-order chi connectivity index (χ0) is 12.6. The number of rotatable bonds is 5. The first-order valence-electron chi connectivity index (χ1n) is 7.30. The van der Waals surface area contributed by atoms with Crippen molar-refractivity contribution in [2.75, 3.05) is 26.7 Å². The summed E-state index contributed by atoms with van der Waals surface area (Å²) in [5.41, 5.74) is 1.46. The van der Waals surface area contributed by atoms with Gasteiger partial charge in [0.05, 0.1) is 0 Å². The van der Waals surface area contributed by atoms with Crippen molar-refractivity contribution in [3.05, 3.63) is 35.9 Å². The molecule has 1 saturated heterocycles. The van der Waals surface area contributed by atoms with Crippen LogP contribution in [0.25, 0.3) is 0 Å². The van der Waals surface area contributed by atoms with Crippen molar-refractivity contribution < 1.29 is 0 Å². The fourth-order valence-corrected chi connectivity index (χ4v) is 2.69. The summed E-state index contributed by atoms with van der Waals surface area (Å²) in [7, 11) is 2.23. The van der Waals surface area contributed by atoms with Crippen LogP contribution in [0.5, 0.6) is 0 Å². The predicted octanol–water partition coefficient (Wildman–Crippen LogP) is 2.69. The number of hydrogen-bond acceptors (Lipinski definition) is 2. The maximum Gasteiger partial charge on any atom is 0.00797 e. The van der Waals surface area contributed by atoms with E-state index in [2.05, 4.69) is 47.6 Å². The molecule has 1 aliphatic rings. The third-order valence-corrected chi connectivity index (χ3v) is 3.87. The van der Waals surface area contributed by atoms with E-state index >= 15 is 0 Å². The van der Waals surface area contributed by atoms with Gasteiger partial charge in [0, 0.05) is 6.04 Å². The Bertz CT molecular complexity index is 323. The normalized spacial score (nSPS) is 21.7. The van der Waals surface area contributed by atoms with Crippen LogP contribution in [0.3, 0.4) is 0 Å². The van der Waals surface area contributed by atoms with E-state index in [1.165, 1.54) is 50.8 Å². The second kappa shape index (κ2) is 7.55. The summed E-state index contributed by atoms with van der Waals surface area (Å²) in [6.45, 7) is 3.67. The quantitative estimate of drug-likeness (QED) is 0.804. The van der Waals surface area contributed by atoms with E-state index in [1.807, 2.05) is 0 Å². The molecule has 2 nitrogen and oxygen atoms in total. The van der Waals surface area contributed by atoms with Crippen LogP contribution in [-0.4, -0.2) is 37.6 Å². The molecule has 0 radical (unpaired) electrons. The highest BCUT2D eigenvalue weighted by Crippen LogP contribution is 2.09. The molecule has 1 aromatic carbocycles. The Hall–Kier alpha value is -0.860. The van der Waals surface area contributed by atoms with E-state index in [-0.39, 0.29) is 0 Å². The lowest BCUT2D eigenvalue weighted by Crippen LogP contribution is -2.31. The highest BCUT2D eigenvalue weighted by Gasteiger charge is 2.13. The molecule has 0 bridgehead atoms. The molecule has 0 amide bonds. The first-order valence-corrected chi connectivity index (χ1v) is 7.30. The van der Waals surface area contributed by atoms with Crippen molar-refractivity contribution in [1.82, 2.24) is 10.2 Å². The lowest BCUT2D eigenvalue weighted by atomic mass is 10.1. The molecule has 1 unspecified atom stereocenters. The van der Waals surface area contributed by atoms with Gasteiger partial charge in [0.2, 0.25) is 0 Å². The SMILES string of the molecule is CN1CCCC(NCCCc2ccccc2)CC1.